The fourth-order valence-electron chi connectivity index (χ4n) is 5.00. The predicted octanol–water partition coefficient (Wildman–Crippen LogP) is 5.57. The lowest BCUT2D eigenvalue weighted by Gasteiger charge is -2.25. The third-order valence-electron chi connectivity index (χ3n) is 6.96. The van der Waals surface area contributed by atoms with Gasteiger partial charge < -0.3 is 23.4 Å². The smallest absolute Gasteiger partial charge is 0.338 e. The monoisotopic (exact) mass is 663 g/mol. The standard InChI is InChI=1S/C32H29N3O7S3/c1-6-40-19-9-11-21-24(15-19)44-32(34-21)45-26-13-10-20(42-26)16-25-29(36)35-28(18-8-12-22(38-4)23(14-18)39-5)27(30(37)41-7-2)17(3)33-31(35)43-25/h8-16,28H,6-7H2,1-5H3/b25-16-/t28-/m0/s1. The van der Waals surface area contributed by atoms with Crippen LogP contribution in [0.3, 0.4) is 0 Å². The van der Waals surface area contributed by atoms with Crippen molar-refractivity contribution in [1.29, 1.82) is 0 Å². The van der Waals surface area contributed by atoms with E-state index in [1.165, 1.54) is 34.8 Å². The highest BCUT2D eigenvalue weighted by Gasteiger charge is 2.34. The Hall–Kier alpha value is -4.33. The molecule has 2 aromatic carbocycles. The number of hydrogen-bond acceptors (Lipinski definition) is 12. The van der Waals surface area contributed by atoms with E-state index in [9.17, 15) is 9.59 Å². The summed E-state index contributed by atoms with van der Waals surface area (Å²) < 4.78 is 31.8. The van der Waals surface area contributed by atoms with Crippen LogP contribution in [0.25, 0.3) is 16.3 Å². The molecule has 5 aromatic rings. The van der Waals surface area contributed by atoms with Gasteiger partial charge in [0.05, 0.1) is 59.5 Å². The largest absolute Gasteiger partial charge is 0.494 e. The number of rotatable bonds is 10. The van der Waals surface area contributed by atoms with E-state index in [1.807, 2.05) is 37.3 Å². The van der Waals surface area contributed by atoms with Crippen LogP contribution in [0, 0.1) is 0 Å². The number of ether oxygens (including phenoxy) is 4. The molecule has 0 unspecified atom stereocenters. The molecule has 1 aliphatic heterocycles. The summed E-state index contributed by atoms with van der Waals surface area (Å²) in [4.78, 5) is 37.0. The van der Waals surface area contributed by atoms with Gasteiger partial charge in [0.15, 0.2) is 25.7 Å². The van der Waals surface area contributed by atoms with Gasteiger partial charge in [0, 0.05) is 6.08 Å². The highest BCUT2D eigenvalue weighted by Crippen LogP contribution is 2.38. The van der Waals surface area contributed by atoms with E-state index in [0.717, 1.165) is 20.3 Å². The Kier molecular flexibility index (Phi) is 8.83. The number of nitrogens with zero attached hydrogens (tertiary/aromatic N) is 3. The lowest BCUT2D eigenvalue weighted by atomic mass is 9.95. The molecule has 6 rings (SSSR count). The van der Waals surface area contributed by atoms with Gasteiger partial charge >= 0.3 is 5.97 Å². The molecule has 0 aliphatic carbocycles. The summed E-state index contributed by atoms with van der Waals surface area (Å²) in [7, 11) is 3.08. The van der Waals surface area contributed by atoms with E-state index < -0.39 is 12.0 Å². The Bertz CT molecular complexity index is 2120. The van der Waals surface area contributed by atoms with Crippen LogP contribution in [0.5, 0.6) is 17.2 Å². The van der Waals surface area contributed by atoms with Crippen molar-refractivity contribution in [2.75, 3.05) is 27.4 Å². The molecular formula is C32H29N3O7S3. The first-order valence-corrected chi connectivity index (χ1v) is 16.5. The summed E-state index contributed by atoms with van der Waals surface area (Å²) >= 11 is 4.19. The van der Waals surface area contributed by atoms with Crippen LogP contribution in [0.2, 0.25) is 0 Å². The summed E-state index contributed by atoms with van der Waals surface area (Å²) in [6, 6.07) is 14.0. The van der Waals surface area contributed by atoms with Crippen LogP contribution in [-0.4, -0.2) is 43.0 Å². The van der Waals surface area contributed by atoms with Gasteiger partial charge in [0.25, 0.3) is 5.56 Å². The molecule has 0 spiro atoms. The fourth-order valence-corrected chi connectivity index (χ4v) is 8.02. The molecule has 10 nitrogen and oxygen atoms in total. The molecule has 45 heavy (non-hydrogen) atoms. The first kappa shape index (κ1) is 30.7. The Balaban J connectivity index is 1.37. The highest BCUT2D eigenvalue weighted by molar-refractivity contribution is 8.01. The molecule has 4 heterocycles. The third-order valence-corrected chi connectivity index (χ3v) is 9.94. The number of aromatic nitrogens is 2. The maximum absolute atomic E-state index is 14.0. The zero-order valence-electron chi connectivity index (χ0n) is 25.1. The van der Waals surface area contributed by atoms with E-state index >= 15 is 0 Å². The number of furan rings is 1. The SMILES string of the molecule is CCOC(=O)C1=C(C)N=c2s/c(=C\c3ccc(Sc4nc5ccc(OCC)cc5s4)o3)c(=O)n2[C@H]1c1ccc(OC)c(OC)c1. The molecule has 13 heteroatoms. The van der Waals surface area contributed by atoms with Crippen LogP contribution in [0.4, 0.5) is 0 Å². The number of esters is 1. The first-order chi connectivity index (χ1) is 21.8. The number of fused-ring (bicyclic) bond motifs is 2. The number of benzene rings is 2. The number of carbonyl (C=O) groups is 1. The molecule has 1 aliphatic rings. The first-order valence-electron chi connectivity index (χ1n) is 14.1. The molecule has 0 saturated heterocycles. The second-order valence-electron chi connectivity index (χ2n) is 9.72. The van der Waals surface area contributed by atoms with Crippen LogP contribution in [0.15, 0.2) is 83.4 Å². The lowest BCUT2D eigenvalue weighted by molar-refractivity contribution is -0.139. The molecule has 0 radical (unpaired) electrons. The highest BCUT2D eigenvalue weighted by atomic mass is 32.2. The second kappa shape index (κ2) is 13.0. The maximum Gasteiger partial charge on any atom is 0.338 e. The zero-order chi connectivity index (χ0) is 31.7. The van der Waals surface area contributed by atoms with Gasteiger partial charge in [-0.2, -0.15) is 0 Å². The van der Waals surface area contributed by atoms with Gasteiger partial charge in [-0.05, 0) is 80.6 Å². The van der Waals surface area contributed by atoms with Crippen molar-refractivity contribution in [3.05, 3.63) is 90.8 Å². The number of methoxy groups -OCH3 is 2. The Morgan fingerprint density at radius 2 is 1.87 bits per heavy atom. The van der Waals surface area contributed by atoms with Gasteiger partial charge in [0.1, 0.15) is 11.5 Å². The molecule has 0 amide bonds. The summed E-state index contributed by atoms with van der Waals surface area (Å²) in [5.74, 6) is 1.78. The van der Waals surface area contributed by atoms with E-state index in [0.29, 0.717) is 49.6 Å². The summed E-state index contributed by atoms with van der Waals surface area (Å²) in [5, 5.41) is 0.641. The molecule has 0 bridgehead atoms. The van der Waals surface area contributed by atoms with Gasteiger partial charge in [-0.25, -0.2) is 14.8 Å². The number of carbonyl (C=O) groups excluding carboxylic acids is 1. The number of hydrogen-bond donors (Lipinski definition) is 0. The van der Waals surface area contributed by atoms with Crippen LogP contribution in [0.1, 0.15) is 38.1 Å². The van der Waals surface area contributed by atoms with Gasteiger partial charge in [-0.3, -0.25) is 9.36 Å². The summed E-state index contributed by atoms with van der Waals surface area (Å²) in [6.45, 7) is 6.21. The Morgan fingerprint density at radius 1 is 1.04 bits per heavy atom. The quantitative estimate of drug-likeness (QED) is 0.177. The van der Waals surface area contributed by atoms with Gasteiger partial charge in [-0.15, -0.1) is 11.3 Å². The molecule has 1 atom stereocenters. The van der Waals surface area contributed by atoms with Crippen molar-refractivity contribution in [3.63, 3.8) is 0 Å². The van der Waals surface area contributed by atoms with Gasteiger partial charge in [-0.1, -0.05) is 17.4 Å². The molecule has 0 N–H and O–H groups in total. The average Bonchev–Trinajstić information content (AvgIpc) is 3.73. The van der Waals surface area contributed by atoms with Gasteiger partial charge in [0.2, 0.25) is 0 Å². The second-order valence-corrected chi connectivity index (χ2v) is 13.0. The van der Waals surface area contributed by atoms with Crippen molar-refractivity contribution >= 4 is 56.7 Å². The van der Waals surface area contributed by atoms with Crippen molar-refractivity contribution in [2.24, 2.45) is 4.99 Å². The zero-order valence-corrected chi connectivity index (χ0v) is 27.6. The number of thiazole rings is 2. The topological polar surface area (TPSA) is 114 Å². The lowest BCUT2D eigenvalue weighted by Crippen LogP contribution is -2.39. The summed E-state index contributed by atoms with van der Waals surface area (Å²) in [5.41, 5.74) is 1.99. The van der Waals surface area contributed by atoms with Crippen molar-refractivity contribution in [1.82, 2.24) is 9.55 Å². The minimum Gasteiger partial charge on any atom is -0.494 e. The molecule has 0 saturated carbocycles. The Morgan fingerprint density at radius 3 is 2.62 bits per heavy atom. The van der Waals surface area contributed by atoms with Crippen LogP contribution in [-0.2, 0) is 9.53 Å². The van der Waals surface area contributed by atoms with Crippen molar-refractivity contribution in [2.45, 2.75) is 36.2 Å². The number of allylic oxidation sites excluding steroid dienone is 1. The van der Waals surface area contributed by atoms with E-state index in [2.05, 4.69) is 4.99 Å². The van der Waals surface area contributed by atoms with Crippen molar-refractivity contribution in [3.8, 4) is 17.2 Å². The van der Waals surface area contributed by atoms with Crippen molar-refractivity contribution < 1.29 is 28.2 Å². The van der Waals surface area contributed by atoms with E-state index in [4.69, 9.17) is 28.3 Å². The third kappa shape index (κ3) is 6.02. The van der Waals surface area contributed by atoms with Crippen LogP contribution >= 0.6 is 34.4 Å². The van der Waals surface area contributed by atoms with E-state index in [-0.39, 0.29) is 17.7 Å². The average molecular weight is 664 g/mol. The molecule has 3 aromatic heterocycles. The minimum atomic E-state index is -0.785. The van der Waals surface area contributed by atoms with E-state index in [1.54, 1.807) is 56.6 Å². The minimum absolute atomic E-state index is 0.183. The maximum atomic E-state index is 14.0. The fraction of sp³-hybridized carbons (Fsp3) is 0.250. The van der Waals surface area contributed by atoms with Crippen LogP contribution < -0.4 is 29.1 Å². The Labute approximate surface area is 270 Å². The normalized spacial score (nSPS) is 14.8. The molecule has 232 valence electrons. The molecule has 0 fully saturated rings. The predicted molar refractivity (Wildman–Crippen MR) is 174 cm³/mol. The summed E-state index contributed by atoms with van der Waals surface area (Å²) in [6.07, 6.45) is 1.69. The molecular weight excluding hydrogens is 635 g/mol.